The second-order valence-electron chi connectivity index (χ2n) is 11.8. The monoisotopic (exact) mass is 716 g/mol. The van der Waals surface area contributed by atoms with E-state index in [-0.39, 0.29) is 62.7 Å². The molecule has 0 aliphatic carbocycles. The molecule has 14 heteroatoms. The minimum atomic E-state index is -0.835. The van der Waals surface area contributed by atoms with Gasteiger partial charge < -0.3 is 54.6 Å². The Morgan fingerprint density at radius 2 is 1.81 bits per heavy atom. The maximum Gasteiger partial charge on any atom is 2.00 e. The summed E-state index contributed by atoms with van der Waals surface area (Å²) >= 11 is 1.56. The molecule has 0 bridgehead atoms. The molecule has 1 aliphatic heterocycles. The third-order valence-electron chi connectivity index (χ3n) is 7.28. The van der Waals surface area contributed by atoms with Gasteiger partial charge in [0.1, 0.15) is 24.4 Å². The number of aromatic nitrogens is 1. The van der Waals surface area contributed by atoms with E-state index in [0.717, 1.165) is 21.7 Å². The van der Waals surface area contributed by atoms with Crippen molar-refractivity contribution in [3.63, 3.8) is 0 Å². The molecule has 2 atom stereocenters. The number of nitrogens with two attached hydrogens (primary N) is 1. The van der Waals surface area contributed by atoms with Gasteiger partial charge in [-0.15, -0.1) is 11.3 Å². The Kier molecular flexibility index (Phi) is 19.3. The number of likely N-dealkylation sites (tertiary alicyclic amines) is 1. The van der Waals surface area contributed by atoms with Crippen molar-refractivity contribution in [2.45, 2.75) is 59.2 Å². The van der Waals surface area contributed by atoms with E-state index in [4.69, 9.17) is 24.7 Å². The largest absolute Gasteiger partial charge is 2.00 e. The van der Waals surface area contributed by atoms with Gasteiger partial charge in [-0.05, 0) is 43.4 Å². The van der Waals surface area contributed by atoms with E-state index in [9.17, 15) is 14.4 Å². The second kappa shape index (κ2) is 21.4. The van der Waals surface area contributed by atoms with Crippen LogP contribution in [0, 0.1) is 26.7 Å². The van der Waals surface area contributed by atoms with Gasteiger partial charge in [0.25, 0.3) is 0 Å². The SMILES string of the molecule is [CH2-]COc1cc(-c2scnc2C)ccc1CNC(=O)[C@@H]1CCCN1C(=O)[C@@H](NC(=O)COCCOCCOCCN)C(C)(C)C.[CH3-].[Mn+2]. The Labute approximate surface area is 294 Å². The summed E-state index contributed by atoms with van der Waals surface area (Å²) in [7, 11) is 0. The fourth-order valence-corrected chi connectivity index (χ4v) is 5.78. The van der Waals surface area contributed by atoms with E-state index in [1.165, 1.54) is 0 Å². The zero-order valence-electron chi connectivity index (χ0n) is 28.3. The second-order valence-corrected chi connectivity index (χ2v) is 12.6. The van der Waals surface area contributed by atoms with Crippen LogP contribution in [0.2, 0.25) is 0 Å². The fraction of sp³-hybridized carbons (Fsp3) is 0.576. The summed E-state index contributed by atoms with van der Waals surface area (Å²) < 4.78 is 21.9. The molecular formula is C33H51MnN5O7S. The number of rotatable bonds is 18. The van der Waals surface area contributed by atoms with E-state index in [1.54, 1.807) is 21.7 Å². The molecule has 1 aliphatic rings. The number of nitrogens with zero attached hydrogens (tertiary/aromatic N) is 2. The summed E-state index contributed by atoms with van der Waals surface area (Å²) in [5, 5.41) is 5.82. The average Bonchev–Trinajstić information content (AvgIpc) is 3.67. The van der Waals surface area contributed by atoms with E-state index in [1.807, 2.05) is 45.9 Å². The molecule has 3 amide bonds. The normalized spacial score (nSPS) is 14.9. The van der Waals surface area contributed by atoms with Crippen molar-refractivity contribution in [1.29, 1.82) is 0 Å². The Balaban J connectivity index is 0.00000552. The average molecular weight is 717 g/mol. The third-order valence-corrected chi connectivity index (χ3v) is 8.26. The molecule has 0 spiro atoms. The zero-order valence-corrected chi connectivity index (χ0v) is 30.3. The minimum Gasteiger partial charge on any atom is -0.525 e. The van der Waals surface area contributed by atoms with Crippen molar-refractivity contribution in [2.24, 2.45) is 11.1 Å². The summed E-state index contributed by atoms with van der Waals surface area (Å²) in [6.07, 6.45) is 1.22. The standard InChI is InChI=1S/C32H48N5O7S.CH3.Mn/c1-6-44-26-18-23(28-22(2)35-21-45-28)9-10-24(26)19-34-30(39)25-8-7-12-37(25)31(40)29(32(3,4)5)36-27(38)20-43-17-16-42-15-14-41-13-11-33;;/h9-10,18,21,25,29H,1,6-8,11-17,19-20,33H2,2-5H3,(H,34,39)(H,36,38);1H3;/q2*-1;+2/t25-,29+;;/m0../s1. The van der Waals surface area contributed by atoms with Gasteiger partial charge in [-0.25, -0.2) is 4.98 Å². The smallest absolute Gasteiger partial charge is 0.525 e. The van der Waals surface area contributed by atoms with Gasteiger partial charge in [-0.1, -0.05) is 32.9 Å². The number of nitrogens with one attached hydrogen (secondary N) is 2. The summed E-state index contributed by atoms with van der Waals surface area (Å²) in [6, 6.07) is 4.37. The van der Waals surface area contributed by atoms with Crippen LogP contribution < -0.4 is 21.1 Å². The van der Waals surface area contributed by atoms with Gasteiger partial charge in [0.15, 0.2) is 0 Å². The summed E-state index contributed by atoms with van der Waals surface area (Å²) in [5.74, 6) is -0.320. The molecule has 1 radical (unpaired) electrons. The Hall–Kier alpha value is -2.58. The van der Waals surface area contributed by atoms with Gasteiger partial charge in [0.2, 0.25) is 17.7 Å². The van der Waals surface area contributed by atoms with Gasteiger partial charge in [0, 0.05) is 25.2 Å². The van der Waals surface area contributed by atoms with Crippen LogP contribution in [-0.4, -0.2) is 99.0 Å². The van der Waals surface area contributed by atoms with Crippen LogP contribution in [0.5, 0.6) is 5.75 Å². The number of hydrogen-bond donors (Lipinski definition) is 3. The molecule has 1 fully saturated rings. The van der Waals surface area contributed by atoms with Crippen molar-refractivity contribution in [3.8, 4) is 16.2 Å². The molecule has 2 heterocycles. The molecule has 1 aromatic heterocycles. The molecule has 12 nitrogen and oxygen atoms in total. The van der Waals surface area contributed by atoms with Gasteiger partial charge in [-0.3, -0.25) is 14.4 Å². The van der Waals surface area contributed by atoms with E-state index in [0.29, 0.717) is 58.1 Å². The van der Waals surface area contributed by atoms with Crippen LogP contribution in [0.4, 0.5) is 0 Å². The predicted octanol–water partition coefficient (Wildman–Crippen LogP) is 2.93. The van der Waals surface area contributed by atoms with Crippen molar-refractivity contribution in [1.82, 2.24) is 20.5 Å². The Morgan fingerprint density at radius 3 is 2.43 bits per heavy atom. The number of thiazole rings is 1. The number of hydrogen-bond acceptors (Lipinski definition) is 10. The first-order chi connectivity index (χ1) is 21.6. The number of ether oxygens (including phenoxy) is 4. The summed E-state index contributed by atoms with van der Waals surface area (Å²) in [4.78, 5) is 46.9. The first-order valence-corrected chi connectivity index (χ1v) is 16.2. The van der Waals surface area contributed by atoms with E-state index >= 15 is 0 Å². The maximum atomic E-state index is 13.8. The van der Waals surface area contributed by atoms with Gasteiger partial charge in [0.05, 0.1) is 49.1 Å². The summed E-state index contributed by atoms with van der Waals surface area (Å²) in [6.45, 7) is 14.4. The van der Waals surface area contributed by atoms with Gasteiger partial charge in [-0.2, -0.15) is 0 Å². The van der Waals surface area contributed by atoms with Crippen molar-refractivity contribution < 1.29 is 50.4 Å². The van der Waals surface area contributed by atoms with Crippen LogP contribution in [0.25, 0.3) is 10.4 Å². The molecule has 0 saturated carbocycles. The number of carbonyl (C=O) groups is 3. The quantitative estimate of drug-likeness (QED) is 0.120. The molecule has 1 aromatic carbocycles. The fourth-order valence-electron chi connectivity index (χ4n) is 4.97. The van der Waals surface area contributed by atoms with E-state index < -0.39 is 23.4 Å². The maximum absolute atomic E-state index is 13.8. The molecule has 47 heavy (non-hydrogen) atoms. The number of benzene rings is 1. The molecule has 0 unspecified atom stereocenters. The van der Waals surface area contributed by atoms with Crippen LogP contribution in [0.15, 0.2) is 23.7 Å². The topological polar surface area (TPSA) is 154 Å². The van der Waals surface area contributed by atoms with Crippen molar-refractivity contribution >= 4 is 29.1 Å². The molecule has 4 N–H and O–H groups in total. The van der Waals surface area contributed by atoms with Crippen LogP contribution in [0.1, 0.15) is 44.9 Å². The zero-order chi connectivity index (χ0) is 32.8. The Bertz CT molecular complexity index is 1260. The van der Waals surface area contributed by atoms with Gasteiger partial charge >= 0.3 is 17.1 Å². The van der Waals surface area contributed by atoms with Crippen LogP contribution in [-0.2, 0) is 52.2 Å². The minimum absolute atomic E-state index is 0. The van der Waals surface area contributed by atoms with Crippen molar-refractivity contribution in [2.75, 3.05) is 59.3 Å². The predicted molar refractivity (Wildman–Crippen MR) is 179 cm³/mol. The molecule has 2 aromatic rings. The summed E-state index contributed by atoms with van der Waals surface area (Å²) in [5.41, 5.74) is 9.31. The number of carbonyl (C=O) groups excluding carboxylic acids is 3. The van der Waals surface area contributed by atoms with Crippen LogP contribution in [0.3, 0.4) is 0 Å². The third kappa shape index (κ3) is 13.1. The number of aryl methyl sites for hydroxylation is 1. The molecular weight excluding hydrogens is 665 g/mol. The van der Waals surface area contributed by atoms with Crippen molar-refractivity contribution in [3.05, 3.63) is 49.3 Å². The molecule has 3 rings (SSSR count). The first-order valence-electron chi connectivity index (χ1n) is 15.3. The van der Waals surface area contributed by atoms with Crippen LogP contribution >= 0.6 is 11.3 Å². The van der Waals surface area contributed by atoms with E-state index in [2.05, 4.69) is 22.5 Å². The molecule has 1 saturated heterocycles. The molecule has 263 valence electrons. The number of amides is 3. The first kappa shape index (κ1) is 42.4. The Morgan fingerprint density at radius 1 is 1.13 bits per heavy atom.